The van der Waals surface area contributed by atoms with Gasteiger partial charge in [-0.05, 0) is 196 Å². The molecule has 0 saturated heterocycles. The summed E-state index contributed by atoms with van der Waals surface area (Å²) >= 11 is 32.9. The van der Waals surface area contributed by atoms with Crippen LogP contribution in [-0.2, 0) is 56.0 Å². The Balaban J connectivity index is -0.000000465. The summed E-state index contributed by atoms with van der Waals surface area (Å²) in [4.78, 5) is 163. The van der Waals surface area contributed by atoms with Crippen molar-refractivity contribution in [2.24, 2.45) is 4.99 Å². The number of nitrogens with zero attached hydrogens (tertiary/aromatic N) is 12. The number of hydrogen-bond donors (Lipinski definition) is 9. The van der Waals surface area contributed by atoms with Gasteiger partial charge in [-0.25, -0.2) is 83.2 Å². The van der Waals surface area contributed by atoms with Crippen LogP contribution in [-0.4, -0.2) is 238 Å². The minimum Gasteiger partial charge on any atom is -1.00 e. The van der Waals surface area contributed by atoms with Crippen molar-refractivity contribution in [2.45, 2.75) is 126 Å². The summed E-state index contributed by atoms with van der Waals surface area (Å²) in [6.07, 6.45) is 12.8. The van der Waals surface area contributed by atoms with Crippen LogP contribution in [0.2, 0.25) is 15.5 Å². The zero-order valence-corrected chi connectivity index (χ0v) is 80.6. The normalized spacial score (nSPS) is 10.1. The van der Waals surface area contributed by atoms with Crippen molar-refractivity contribution in [3.05, 3.63) is 230 Å². The van der Waals surface area contributed by atoms with Crippen LogP contribution in [0.5, 0.6) is 0 Å². The van der Waals surface area contributed by atoms with Crippen molar-refractivity contribution in [2.75, 3.05) is 94.9 Å². The third-order valence-electron chi connectivity index (χ3n) is 13.7. The monoisotopic (exact) mass is 1960 g/mol. The molecule has 3 amide bonds. The predicted octanol–water partition coefficient (Wildman–Crippen LogP) is 11.1. The van der Waals surface area contributed by atoms with Crippen LogP contribution < -0.4 is 56.5 Å². The molecule has 0 aromatic carbocycles. The van der Waals surface area contributed by atoms with Gasteiger partial charge in [0.25, 0.3) is 5.24 Å². The van der Waals surface area contributed by atoms with E-state index in [0.29, 0.717) is 39.8 Å². The number of aliphatic imine (C=N–C) groups is 1. The number of esters is 5. The molecular formula is C85H112AlCl6LiN18O21. The Labute approximate surface area is 819 Å². The number of aliphatic hydroxyl groups is 1. The number of hydrogen-bond acceptors (Lipinski definition) is 33. The third kappa shape index (κ3) is 53.8. The Morgan fingerprint density at radius 2 is 0.886 bits per heavy atom. The molecule has 0 aliphatic carbocycles. The van der Waals surface area contributed by atoms with Gasteiger partial charge in [-0.15, -0.1) is 0 Å². The van der Waals surface area contributed by atoms with Gasteiger partial charge in [0.2, 0.25) is 6.41 Å². The largest absolute Gasteiger partial charge is 1.00 e. The average molecular weight is 1970 g/mol. The van der Waals surface area contributed by atoms with E-state index < -0.39 is 75.6 Å². The molecule has 0 aliphatic heterocycles. The van der Waals surface area contributed by atoms with Gasteiger partial charge >= 0.3 is 72.8 Å². The average Bonchev–Trinajstić information content (AvgIpc) is 0.835. The SMILES string of the molecule is CC.CC(C)(C)OC(=O)c1cccnc1Cl.CC(Cl)OC(=O)N(C)c1ncccc1COC(=O)CN(C)C(=O)OC(C)(C)C.CCNC(Cl)=NC.CNc1ncccc1C(=O)OC(C)(C)C.CNc1ncccc1CO.COC(=O)c1cccnc1N.COC(=O)c1cccnc1NC=O.Nc1ncccc1C(=O)O.O=C(Cl)c1cccnc1Cl.O=C(O)c1cccnc1Cl.[AlH3].[H-].[Li+]. The van der Waals surface area contributed by atoms with Crippen LogP contribution in [0.3, 0.4) is 0 Å². The Hall–Kier alpha value is -12.2. The number of halogens is 6. The molecule has 0 radical (unpaired) electrons. The number of anilines is 6. The van der Waals surface area contributed by atoms with Crippen LogP contribution in [0.1, 0.15) is 175 Å². The van der Waals surface area contributed by atoms with Gasteiger partial charge in [0, 0.05) is 109 Å². The molecule has 11 N–H and O–H groups in total. The number of aliphatic hydroxyl groups excluding tert-OH is 1. The van der Waals surface area contributed by atoms with E-state index in [4.69, 9.17) is 120 Å². The van der Waals surface area contributed by atoms with Gasteiger partial charge in [0.05, 0.1) is 37.5 Å². The first-order chi connectivity index (χ1) is 61.1. The number of amides is 3. The molecule has 714 valence electrons. The number of aromatic nitrogens is 9. The molecule has 0 bridgehead atoms. The second kappa shape index (κ2) is 68.8. The minimum absolute atomic E-state index is 0. The summed E-state index contributed by atoms with van der Waals surface area (Å²) in [5.41, 5.74) is 11.0. The van der Waals surface area contributed by atoms with E-state index in [-0.39, 0.29) is 124 Å². The molecular weight excluding hydrogens is 1860 g/mol. The van der Waals surface area contributed by atoms with Gasteiger partial charge in [0.15, 0.2) is 28.2 Å². The Morgan fingerprint density at radius 3 is 1.23 bits per heavy atom. The van der Waals surface area contributed by atoms with E-state index in [0.717, 1.165) is 27.7 Å². The number of methoxy groups -OCH3 is 2. The van der Waals surface area contributed by atoms with Gasteiger partial charge in [-0.3, -0.25) is 24.3 Å². The zero-order chi connectivity index (χ0) is 99.5. The van der Waals surface area contributed by atoms with Crippen LogP contribution in [0.15, 0.2) is 170 Å². The fourth-order valence-electron chi connectivity index (χ4n) is 8.17. The Bertz CT molecular complexity index is 4940. The zero-order valence-electron chi connectivity index (χ0n) is 77.1. The van der Waals surface area contributed by atoms with E-state index in [1.54, 1.807) is 142 Å². The third-order valence-corrected chi connectivity index (χ3v) is 15.2. The number of ether oxygens (including phenoxy) is 7. The van der Waals surface area contributed by atoms with Crippen LogP contribution in [0.25, 0.3) is 0 Å². The summed E-state index contributed by atoms with van der Waals surface area (Å²) in [6, 6.07) is 28.8. The molecule has 0 saturated carbocycles. The van der Waals surface area contributed by atoms with Crippen molar-refractivity contribution in [1.82, 2.24) is 55.1 Å². The predicted molar refractivity (Wildman–Crippen MR) is 508 cm³/mol. The quantitative estimate of drug-likeness (QED) is 0.00347. The van der Waals surface area contributed by atoms with Gasteiger partial charge < -0.3 is 87.5 Å². The molecule has 9 aromatic rings. The van der Waals surface area contributed by atoms with E-state index in [9.17, 15) is 52.7 Å². The van der Waals surface area contributed by atoms with Gasteiger partial charge in [0.1, 0.15) is 103 Å². The maximum absolute atomic E-state index is 12.0. The number of carboxylic acid groups (broad SMARTS) is 2. The van der Waals surface area contributed by atoms with Gasteiger partial charge in [-0.1, -0.05) is 72.4 Å². The summed E-state index contributed by atoms with van der Waals surface area (Å²) in [6.45, 7) is 24.0. The molecule has 1 atom stereocenters. The topological polar surface area (TPSA) is 548 Å². The minimum atomic E-state index is -1.06. The number of alkyl halides is 1. The molecule has 132 heavy (non-hydrogen) atoms. The van der Waals surface area contributed by atoms with E-state index in [2.05, 4.69) is 80.6 Å². The summed E-state index contributed by atoms with van der Waals surface area (Å²) in [5.74, 6) is -2.57. The van der Waals surface area contributed by atoms with Crippen molar-refractivity contribution < 1.29 is 122 Å². The number of nitrogens with two attached hydrogens (primary N) is 2. The number of pyridine rings is 9. The number of aromatic carboxylic acids is 2. The van der Waals surface area contributed by atoms with Crippen LogP contribution in [0, 0.1) is 0 Å². The first-order valence-corrected chi connectivity index (χ1v) is 40.5. The molecule has 9 rings (SSSR count). The van der Waals surface area contributed by atoms with Crippen molar-refractivity contribution in [3.63, 3.8) is 0 Å². The van der Waals surface area contributed by atoms with Crippen LogP contribution in [0.4, 0.5) is 44.5 Å². The number of rotatable bonds is 19. The number of amidine groups is 1. The first-order valence-electron chi connectivity index (χ1n) is 38.1. The smallest absolute Gasteiger partial charge is 1.00 e. The standard InChI is InChI=1S/C18H26ClN3O6.C11H16N2O2.C10H12ClNO2.C8H8N2O3.C7H8N2O2.C7H10N2O.C6H3Cl2NO.C6H4ClNO2.C6H6N2O2.C4H9ClN2.C2H6.Al.Li.4H/c1-12(19)27-17(25)22(6)15-13(8-7-9-20-15)11-26-14(23)10-21(5)16(24)28-18(2,3)4;1-11(2,3)15-10(14)8-6-5-7-13-9(8)12-4;1-10(2,3)14-9(13)7-5-4-6-12-8(7)11;1-13-8(12)6-3-2-4-9-7(6)10-5-11;1-11-7(10)5-3-2-4-9-6(5)8;1-8-7-6(5-10)3-2-4-9-7;7-5-4(6(8)10)2-1-3-9-5;2*7-5-4(6(9)10)2-1-3-8-5;1-3-7-4(5)6-2;1-2;;;;;;/h7-9,12H,10-11H2,1-6H3;5-7H,1-4H3,(H,12,13);4-6H,1-3H3;2-5H,1H3,(H,9,10,11);2-4H,1H3,(H2,8,9);2-4,10H,5H2,1H3,(H,8,9);1-3H;1-3H,(H,9,10);1-3H,(H2,7,8)(H,9,10);3H2,1-2H3,(H,6,7);1-2H3;;;;;;/q;;;;;;;;;;;;+1;;;;-1. The fourth-order valence-corrected chi connectivity index (χ4v) is 9.18. The molecule has 0 fully saturated rings. The molecule has 9 aromatic heterocycles. The number of likely N-dealkylation sites (N-methyl/N-ethyl adjacent to an activating group) is 1. The maximum atomic E-state index is 12.0. The van der Waals surface area contributed by atoms with E-state index >= 15 is 0 Å². The fraction of sp³-hybridized carbons (Fsp3) is 0.329. The van der Waals surface area contributed by atoms with Crippen LogP contribution >= 0.6 is 69.6 Å². The summed E-state index contributed by atoms with van der Waals surface area (Å²) in [5, 5.41) is 36.7. The van der Waals surface area contributed by atoms with E-state index in [1.165, 1.54) is 115 Å². The number of carboxylic acids is 2. The number of carbonyl (C=O) groups excluding carboxylic acids is 9. The number of carbonyl (C=O) groups is 11. The van der Waals surface area contributed by atoms with Crippen molar-refractivity contribution in [1.29, 1.82) is 0 Å². The first kappa shape index (κ1) is 126. The summed E-state index contributed by atoms with van der Waals surface area (Å²) < 4.78 is 34.6. The molecule has 1 unspecified atom stereocenters. The maximum Gasteiger partial charge on any atom is 1.00 e. The second-order valence-electron chi connectivity index (χ2n) is 27.0. The molecule has 0 spiro atoms. The van der Waals surface area contributed by atoms with Crippen molar-refractivity contribution in [3.8, 4) is 0 Å². The second-order valence-corrected chi connectivity index (χ2v) is 29.4. The van der Waals surface area contributed by atoms with Crippen molar-refractivity contribution >= 4 is 193 Å². The molecule has 9 heterocycles. The number of nitrogens with one attached hydrogen (secondary N) is 4. The summed E-state index contributed by atoms with van der Waals surface area (Å²) in [7, 11) is 10.6. The number of nitrogen functional groups attached to an aromatic ring is 2. The Morgan fingerprint density at radius 1 is 0.523 bits per heavy atom. The molecule has 39 nitrogen and oxygen atoms in total. The Kier molecular flexibility index (Phi) is 65.7. The van der Waals surface area contributed by atoms with E-state index in [1.807, 2.05) is 47.6 Å². The molecule has 47 heteroatoms. The molecule has 0 aliphatic rings. The van der Waals surface area contributed by atoms with Gasteiger partial charge in [-0.2, -0.15) is 0 Å².